The minimum atomic E-state index is -0.327. The third-order valence-electron chi connectivity index (χ3n) is 0.676. The normalized spacial score (nSPS) is 10.9. The van der Waals surface area contributed by atoms with Gasteiger partial charge in [0.1, 0.15) is 13.2 Å². The fraction of sp³-hybridized carbons (Fsp3) is 0.800. The molecule has 60 valence electrons. The molecule has 0 aromatic heterocycles. The summed E-state index contributed by atoms with van der Waals surface area (Å²) in [6.07, 6.45) is 0. The van der Waals surface area contributed by atoms with Crippen LogP contribution in [-0.4, -0.2) is 48.5 Å². The maximum atomic E-state index is 9.76. The van der Waals surface area contributed by atoms with E-state index in [1.54, 1.807) is 6.92 Å². The molecule has 0 aromatic rings. The summed E-state index contributed by atoms with van der Waals surface area (Å²) >= 11 is 0. The Hall–Kier alpha value is 0.530. The molecule has 0 spiro atoms. The number of rotatable bonds is 5. The van der Waals surface area contributed by atoms with Gasteiger partial charge in [0, 0.05) is 0 Å². The van der Waals surface area contributed by atoms with Gasteiger partial charge in [-0.1, -0.05) is 5.16 Å². The first-order valence-electron chi connectivity index (χ1n) is 2.91. The van der Waals surface area contributed by atoms with Gasteiger partial charge in [-0.05, 0) is 13.8 Å². The Morgan fingerprint density at radius 1 is 1.64 bits per heavy atom. The molecule has 0 bridgehead atoms. The molecule has 0 N–H and O–H groups in total. The predicted molar refractivity (Wildman–Crippen MR) is 45.4 cm³/mol. The average Bonchev–Trinajstić information content (AvgIpc) is 1.97. The molecule has 0 fully saturated rings. The third-order valence-corrected chi connectivity index (χ3v) is 0.910. The Labute approximate surface area is 89.9 Å². The first-order chi connectivity index (χ1) is 4.81. The molecule has 0 atom stereocenters. The van der Waals surface area contributed by atoms with Gasteiger partial charge in [0.25, 0.3) is 0 Å². The van der Waals surface area contributed by atoms with Gasteiger partial charge >= 0.3 is 38.2 Å². The van der Waals surface area contributed by atoms with E-state index in [1.165, 1.54) is 0 Å². The van der Waals surface area contributed by atoms with Gasteiger partial charge in [0.05, 0.1) is 5.71 Å². The second-order valence-corrected chi connectivity index (χ2v) is 2.00. The molecule has 0 unspecified atom stereocenters. The Bertz CT molecular complexity index is 131. The van der Waals surface area contributed by atoms with Crippen molar-refractivity contribution in [1.82, 2.24) is 0 Å². The number of nitrogens with zero attached hydrogens (tertiary/aromatic N) is 1. The van der Waals surface area contributed by atoms with E-state index in [0.29, 0.717) is 12.3 Å². The quantitative estimate of drug-likeness (QED) is 0.279. The van der Waals surface area contributed by atoms with E-state index in [9.17, 15) is 4.57 Å². The van der Waals surface area contributed by atoms with E-state index >= 15 is 0 Å². The van der Waals surface area contributed by atoms with Crippen molar-refractivity contribution in [2.45, 2.75) is 13.8 Å². The van der Waals surface area contributed by atoms with Gasteiger partial charge in [-0.15, -0.1) is 0 Å². The van der Waals surface area contributed by atoms with Crippen LogP contribution in [0.2, 0.25) is 0 Å². The molecule has 0 rings (SSSR count). The van der Waals surface area contributed by atoms with Crippen LogP contribution in [0.25, 0.3) is 0 Å². The first kappa shape index (κ1) is 14.1. The fourth-order valence-corrected chi connectivity index (χ4v) is 0.560. The standard InChI is InChI=1S/C5H10NO3P.Na.H/c1-3-8-6-5(2)4-9-10-7;;/h3-4H2,1-2H3;;/b6-5-;;. The molecule has 0 aliphatic heterocycles. The molecule has 0 amide bonds. The second-order valence-electron chi connectivity index (χ2n) is 1.59. The summed E-state index contributed by atoms with van der Waals surface area (Å²) in [5.41, 5.74) is 0.671. The van der Waals surface area contributed by atoms with Crippen LogP contribution in [0, 0.1) is 0 Å². The van der Waals surface area contributed by atoms with Crippen LogP contribution in [0.4, 0.5) is 0 Å². The van der Waals surface area contributed by atoms with Crippen molar-refractivity contribution in [3.8, 4) is 0 Å². The second kappa shape index (κ2) is 10.5. The zero-order chi connectivity index (χ0) is 7.82. The topological polar surface area (TPSA) is 47.9 Å². The van der Waals surface area contributed by atoms with Crippen molar-refractivity contribution in [2.75, 3.05) is 13.2 Å². The summed E-state index contributed by atoms with van der Waals surface area (Å²) in [5.74, 6) is 0. The van der Waals surface area contributed by atoms with Crippen LogP contribution in [0.5, 0.6) is 0 Å². The van der Waals surface area contributed by atoms with Gasteiger partial charge in [0.2, 0.25) is 0 Å². The third kappa shape index (κ3) is 10.5. The van der Waals surface area contributed by atoms with Gasteiger partial charge in [-0.2, -0.15) is 0 Å². The summed E-state index contributed by atoms with van der Waals surface area (Å²) in [7, 11) is -0.327. The molecule has 0 saturated heterocycles. The van der Waals surface area contributed by atoms with E-state index in [2.05, 4.69) is 9.68 Å². The number of oxime groups is 1. The summed E-state index contributed by atoms with van der Waals surface area (Å²) < 4.78 is 14.3. The van der Waals surface area contributed by atoms with Gasteiger partial charge in [0.15, 0.2) is 0 Å². The molecular weight excluding hydrogens is 176 g/mol. The van der Waals surface area contributed by atoms with E-state index in [4.69, 9.17) is 4.84 Å². The molecule has 0 heterocycles. The minimum absolute atomic E-state index is 0. The average molecular weight is 187 g/mol. The van der Waals surface area contributed by atoms with Crippen molar-refractivity contribution < 1.29 is 13.9 Å². The summed E-state index contributed by atoms with van der Waals surface area (Å²) in [5, 5.41) is 3.63. The fourth-order valence-electron chi connectivity index (χ4n) is 0.321. The molecular formula is C5H11NNaO3P. The van der Waals surface area contributed by atoms with Crippen molar-refractivity contribution in [3.63, 3.8) is 0 Å². The predicted octanol–water partition coefficient (Wildman–Crippen LogP) is 0.974. The summed E-state index contributed by atoms with van der Waals surface area (Å²) in [6, 6.07) is 0. The van der Waals surface area contributed by atoms with Crippen molar-refractivity contribution in [2.24, 2.45) is 5.16 Å². The van der Waals surface area contributed by atoms with Gasteiger partial charge < -0.3 is 4.84 Å². The molecule has 0 aromatic carbocycles. The Morgan fingerprint density at radius 2 is 2.27 bits per heavy atom. The Kier molecular flexibility index (Phi) is 13.5. The zero-order valence-corrected chi connectivity index (χ0v) is 6.93. The van der Waals surface area contributed by atoms with Crippen LogP contribution in [-0.2, 0) is 13.9 Å². The Balaban J connectivity index is 0. The maximum absolute atomic E-state index is 9.76. The first-order valence-corrected chi connectivity index (χ1v) is 3.64. The molecule has 0 aliphatic rings. The van der Waals surface area contributed by atoms with Gasteiger partial charge in [-0.25, -0.2) is 4.57 Å². The molecule has 4 nitrogen and oxygen atoms in total. The number of hydrogen-bond acceptors (Lipinski definition) is 4. The Morgan fingerprint density at radius 3 is 2.73 bits per heavy atom. The van der Waals surface area contributed by atoms with Crippen LogP contribution < -0.4 is 0 Å². The van der Waals surface area contributed by atoms with Crippen molar-refractivity contribution in [3.05, 3.63) is 0 Å². The molecule has 0 radical (unpaired) electrons. The molecule has 0 saturated carbocycles. The molecule has 0 aliphatic carbocycles. The van der Waals surface area contributed by atoms with E-state index in [1.807, 2.05) is 6.92 Å². The summed E-state index contributed by atoms with van der Waals surface area (Å²) in [4.78, 5) is 4.70. The molecule has 11 heavy (non-hydrogen) atoms. The molecule has 6 heteroatoms. The van der Waals surface area contributed by atoms with Gasteiger partial charge in [-0.3, -0.25) is 4.52 Å². The van der Waals surface area contributed by atoms with Crippen molar-refractivity contribution >= 4 is 44.0 Å². The zero-order valence-electron chi connectivity index (χ0n) is 6.03. The SMILES string of the molecule is CCO/N=C(/C)COP=O.[NaH]. The monoisotopic (exact) mass is 187 g/mol. The van der Waals surface area contributed by atoms with Crippen LogP contribution in [0.15, 0.2) is 5.16 Å². The van der Waals surface area contributed by atoms with Crippen LogP contribution >= 0.6 is 8.69 Å². The summed E-state index contributed by atoms with van der Waals surface area (Å²) in [6.45, 7) is 4.35. The van der Waals surface area contributed by atoms with Crippen molar-refractivity contribution in [1.29, 1.82) is 0 Å². The van der Waals surface area contributed by atoms with E-state index in [-0.39, 0.29) is 44.9 Å². The van der Waals surface area contributed by atoms with E-state index < -0.39 is 0 Å². The van der Waals surface area contributed by atoms with Crippen LogP contribution in [0.3, 0.4) is 0 Å². The van der Waals surface area contributed by atoms with E-state index in [0.717, 1.165) is 0 Å². The van der Waals surface area contributed by atoms with Crippen LogP contribution in [0.1, 0.15) is 13.8 Å². The number of hydrogen-bond donors (Lipinski definition) is 0.